The Balaban J connectivity index is 1.36. The third kappa shape index (κ3) is 4.65. The Hall–Kier alpha value is -3.15. The molecule has 1 fully saturated rings. The fourth-order valence-electron chi connectivity index (χ4n) is 3.83. The molecule has 5 nitrogen and oxygen atoms in total. The predicted molar refractivity (Wildman–Crippen MR) is 108 cm³/mol. The number of nitrogens with zero attached hydrogens (tertiary/aromatic N) is 4. The third-order valence-electron chi connectivity index (χ3n) is 5.36. The van der Waals surface area contributed by atoms with Gasteiger partial charge in [0.1, 0.15) is 12.1 Å². The van der Waals surface area contributed by atoms with Crippen molar-refractivity contribution in [1.82, 2.24) is 19.9 Å². The van der Waals surface area contributed by atoms with Gasteiger partial charge in [0.05, 0.1) is 11.7 Å². The van der Waals surface area contributed by atoms with E-state index in [1.807, 2.05) is 23.2 Å². The Labute approximate surface area is 169 Å². The van der Waals surface area contributed by atoms with E-state index >= 15 is 0 Å². The van der Waals surface area contributed by atoms with Gasteiger partial charge >= 0.3 is 0 Å². The van der Waals surface area contributed by atoms with Crippen LogP contribution in [0, 0.1) is 5.82 Å². The summed E-state index contributed by atoms with van der Waals surface area (Å²) in [4.78, 5) is 27.4. The first kappa shape index (κ1) is 19.2. The summed E-state index contributed by atoms with van der Waals surface area (Å²) in [6, 6.07) is 10.5. The quantitative estimate of drug-likeness (QED) is 0.627. The average Bonchev–Trinajstić information content (AvgIpc) is 3.26. The number of benzene rings is 1. The van der Waals surface area contributed by atoms with E-state index in [-0.39, 0.29) is 17.8 Å². The number of carbonyl (C=O) groups excluding carboxylic acids is 1. The van der Waals surface area contributed by atoms with Gasteiger partial charge in [-0.3, -0.25) is 9.78 Å². The van der Waals surface area contributed by atoms with Crippen molar-refractivity contribution < 1.29 is 9.18 Å². The minimum Gasteiger partial charge on any atom is -0.334 e. The molecule has 148 valence electrons. The van der Waals surface area contributed by atoms with Crippen molar-refractivity contribution in [3.05, 3.63) is 78.4 Å². The summed E-state index contributed by atoms with van der Waals surface area (Å²) in [7, 11) is 0. The van der Waals surface area contributed by atoms with Gasteiger partial charge in [-0.1, -0.05) is 18.2 Å². The molecule has 2 aromatic heterocycles. The number of aromatic nitrogens is 3. The van der Waals surface area contributed by atoms with Crippen LogP contribution in [-0.2, 0) is 11.2 Å². The van der Waals surface area contributed by atoms with Crippen molar-refractivity contribution in [2.75, 3.05) is 6.54 Å². The van der Waals surface area contributed by atoms with Crippen molar-refractivity contribution in [1.29, 1.82) is 0 Å². The Morgan fingerprint density at radius 3 is 2.55 bits per heavy atom. The van der Waals surface area contributed by atoms with Crippen LogP contribution < -0.4 is 0 Å². The lowest BCUT2D eigenvalue weighted by molar-refractivity contribution is -0.132. The van der Waals surface area contributed by atoms with Gasteiger partial charge in [0.2, 0.25) is 5.91 Å². The number of amides is 1. The summed E-state index contributed by atoms with van der Waals surface area (Å²) in [5, 5.41) is 0. The molecular formula is C23H23FN4O. The van der Waals surface area contributed by atoms with E-state index in [0.717, 1.165) is 54.6 Å². The zero-order valence-electron chi connectivity index (χ0n) is 16.2. The minimum absolute atomic E-state index is 0.0365. The van der Waals surface area contributed by atoms with Crippen LogP contribution in [0.25, 0.3) is 11.1 Å². The van der Waals surface area contributed by atoms with Gasteiger partial charge < -0.3 is 4.90 Å². The van der Waals surface area contributed by atoms with Crippen LogP contribution in [0.1, 0.15) is 43.0 Å². The van der Waals surface area contributed by atoms with Crippen molar-refractivity contribution in [2.24, 2.45) is 0 Å². The molecule has 1 atom stereocenters. The number of carbonyl (C=O) groups is 1. The van der Waals surface area contributed by atoms with Crippen LogP contribution in [0.5, 0.6) is 0 Å². The summed E-state index contributed by atoms with van der Waals surface area (Å²) in [5.74, 6) is -0.0695. The molecule has 1 aromatic carbocycles. The average molecular weight is 390 g/mol. The van der Waals surface area contributed by atoms with E-state index < -0.39 is 0 Å². The standard InChI is InChI=1S/C23H23FN4O/c24-20-9-6-17(7-10-20)3-1-5-23(29)28-12-2-4-22(28)21-11-8-18(15-27-21)19-13-25-16-26-14-19/h6-11,13-16,22H,1-5,12H2/t22-/m0/s1. The molecule has 3 aromatic rings. The van der Waals surface area contributed by atoms with Gasteiger partial charge in [-0.05, 0) is 49.4 Å². The maximum Gasteiger partial charge on any atom is 0.223 e. The van der Waals surface area contributed by atoms with Gasteiger partial charge in [0, 0.05) is 42.7 Å². The molecule has 0 aliphatic carbocycles. The Morgan fingerprint density at radius 2 is 1.83 bits per heavy atom. The number of rotatable bonds is 6. The Bertz CT molecular complexity index is 945. The van der Waals surface area contributed by atoms with Crippen LogP contribution in [0.15, 0.2) is 61.3 Å². The molecule has 1 aliphatic heterocycles. The predicted octanol–water partition coefficient (Wildman–Crippen LogP) is 4.36. The molecule has 1 amide bonds. The Morgan fingerprint density at radius 1 is 1.03 bits per heavy atom. The minimum atomic E-state index is -0.233. The molecule has 0 bridgehead atoms. The maximum absolute atomic E-state index is 13.0. The van der Waals surface area contributed by atoms with E-state index in [0.29, 0.717) is 6.42 Å². The second-order valence-corrected chi connectivity index (χ2v) is 7.32. The number of likely N-dealkylation sites (tertiary alicyclic amines) is 1. The molecule has 4 rings (SSSR count). The second-order valence-electron chi connectivity index (χ2n) is 7.32. The molecule has 0 unspecified atom stereocenters. The van der Waals surface area contributed by atoms with Gasteiger partial charge in [0.15, 0.2) is 0 Å². The van der Waals surface area contributed by atoms with E-state index in [2.05, 4.69) is 15.0 Å². The first-order chi connectivity index (χ1) is 14.2. The van der Waals surface area contributed by atoms with Crippen LogP contribution in [-0.4, -0.2) is 32.3 Å². The molecule has 0 spiro atoms. The van der Waals surface area contributed by atoms with Crippen molar-refractivity contribution in [2.45, 2.75) is 38.1 Å². The highest BCUT2D eigenvalue weighted by Crippen LogP contribution is 2.32. The molecular weight excluding hydrogens is 367 g/mol. The number of aryl methyl sites for hydroxylation is 1. The molecule has 3 heterocycles. The van der Waals surface area contributed by atoms with E-state index in [1.54, 1.807) is 24.5 Å². The summed E-state index contributed by atoms with van der Waals surface area (Å²) >= 11 is 0. The maximum atomic E-state index is 13.0. The van der Waals surface area contributed by atoms with Crippen LogP contribution in [0.2, 0.25) is 0 Å². The van der Waals surface area contributed by atoms with Crippen LogP contribution in [0.4, 0.5) is 4.39 Å². The van der Waals surface area contributed by atoms with Gasteiger partial charge in [0.25, 0.3) is 0 Å². The topological polar surface area (TPSA) is 59.0 Å². The lowest BCUT2D eigenvalue weighted by atomic mass is 10.1. The van der Waals surface area contributed by atoms with E-state index in [4.69, 9.17) is 0 Å². The molecule has 29 heavy (non-hydrogen) atoms. The largest absolute Gasteiger partial charge is 0.334 e. The molecule has 1 saturated heterocycles. The highest BCUT2D eigenvalue weighted by Gasteiger charge is 2.30. The number of halogens is 1. The lowest BCUT2D eigenvalue weighted by Crippen LogP contribution is -2.30. The van der Waals surface area contributed by atoms with E-state index in [9.17, 15) is 9.18 Å². The summed E-state index contributed by atoms with van der Waals surface area (Å²) in [6.45, 7) is 0.774. The monoisotopic (exact) mass is 390 g/mol. The lowest BCUT2D eigenvalue weighted by Gasteiger charge is -2.24. The SMILES string of the molecule is O=C(CCCc1ccc(F)cc1)N1CCC[C@H]1c1ccc(-c2cncnc2)cn1. The van der Waals surface area contributed by atoms with Gasteiger partial charge in [-0.25, -0.2) is 14.4 Å². The fourth-order valence-corrected chi connectivity index (χ4v) is 3.83. The highest BCUT2D eigenvalue weighted by molar-refractivity contribution is 5.77. The number of hydrogen-bond donors (Lipinski definition) is 0. The van der Waals surface area contributed by atoms with Crippen molar-refractivity contribution in [3.63, 3.8) is 0 Å². The zero-order chi connectivity index (χ0) is 20.1. The fraction of sp³-hybridized carbons (Fsp3) is 0.304. The van der Waals surface area contributed by atoms with Gasteiger partial charge in [-0.15, -0.1) is 0 Å². The van der Waals surface area contributed by atoms with E-state index in [1.165, 1.54) is 18.5 Å². The third-order valence-corrected chi connectivity index (χ3v) is 5.36. The summed E-state index contributed by atoms with van der Waals surface area (Å²) in [5.41, 5.74) is 3.87. The molecule has 0 saturated carbocycles. The second kappa shape index (κ2) is 8.90. The molecule has 6 heteroatoms. The molecule has 1 aliphatic rings. The van der Waals surface area contributed by atoms with Crippen molar-refractivity contribution >= 4 is 5.91 Å². The van der Waals surface area contributed by atoms with Gasteiger partial charge in [-0.2, -0.15) is 0 Å². The highest BCUT2D eigenvalue weighted by atomic mass is 19.1. The number of pyridine rings is 1. The summed E-state index contributed by atoms with van der Waals surface area (Å²) < 4.78 is 13.0. The van der Waals surface area contributed by atoms with Crippen LogP contribution >= 0.6 is 0 Å². The first-order valence-electron chi connectivity index (χ1n) is 9.96. The summed E-state index contributed by atoms with van der Waals surface area (Å²) in [6.07, 6.45) is 10.8. The van der Waals surface area contributed by atoms with Crippen LogP contribution in [0.3, 0.4) is 0 Å². The molecule has 0 N–H and O–H groups in total. The van der Waals surface area contributed by atoms with Crippen molar-refractivity contribution in [3.8, 4) is 11.1 Å². The zero-order valence-corrected chi connectivity index (χ0v) is 16.2. The Kier molecular flexibility index (Phi) is 5.89. The first-order valence-corrected chi connectivity index (χ1v) is 9.96. The number of hydrogen-bond acceptors (Lipinski definition) is 4. The normalized spacial score (nSPS) is 16.2. The molecule has 0 radical (unpaired) electrons. The smallest absolute Gasteiger partial charge is 0.223 e.